The van der Waals surface area contributed by atoms with Crippen molar-refractivity contribution in [2.24, 2.45) is 0 Å². The van der Waals surface area contributed by atoms with Crippen molar-refractivity contribution < 1.29 is 19.0 Å². The molecule has 1 amide bonds. The molecule has 5 rings (SSSR count). The molecule has 0 bridgehead atoms. The van der Waals surface area contributed by atoms with Gasteiger partial charge in [0, 0.05) is 29.9 Å². The molecule has 0 spiro atoms. The first-order chi connectivity index (χ1) is 20.4. The van der Waals surface area contributed by atoms with Crippen LogP contribution in [0.4, 0.5) is 0 Å². The number of amides is 1. The molecule has 1 N–H and O–H groups in total. The third kappa shape index (κ3) is 6.97. The third-order valence-electron chi connectivity index (χ3n) is 8.27. The van der Waals surface area contributed by atoms with Crippen molar-refractivity contribution in [1.29, 1.82) is 0 Å². The van der Waals surface area contributed by atoms with Gasteiger partial charge in [-0.3, -0.25) is 9.48 Å². The Bertz CT molecular complexity index is 1360. The number of rotatable bonds is 11. The first-order valence-electron chi connectivity index (χ1n) is 14.5. The number of methoxy groups -OCH3 is 3. The van der Waals surface area contributed by atoms with E-state index < -0.39 is 0 Å². The summed E-state index contributed by atoms with van der Waals surface area (Å²) in [5, 5.41) is 8.84. The van der Waals surface area contributed by atoms with Crippen LogP contribution in [0.15, 0.2) is 36.5 Å². The molecule has 226 valence electrons. The zero-order valence-electron chi connectivity index (χ0n) is 24.5. The number of aromatic nitrogens is 2. The van der Waals surface area contributed by atoms with Crippen LogP contribution < -0.4 is 19.5 Å². The van der Waals surface area contributed by atoms with Gasteiger partial charge in [0.25, 0.3) is 5.91 Å². The SMILES string of the molecule is COc1cc(C(=O)NCc2nn(CCN3CCC(N4CCCC4)CC3)cc2-c2ccc(Cl)c(Cl)c2)cc(OC)c1OC. The Balaban J connectivity index is 1.29. The van der Waals surface area contributed by atoms with Crippen LogP contribution in [0, 0.1) is 0 Å². The largest absolute Gasteiger partial charge is 0.493 e. The number of hydrogen-bond acceptors (Lipinski definition) is 7. The fraction of sp³-hybridized carbons (Fsp3) is 0.484. The Morgan fingerprint density at radius 3 is 2.24 bits per heavy atom. The number of piperidine rings is 1. The van der Waals surface area contributed by atoms with Gasteiger partial charge in [0.2, 0.25) is 5.75 Å². The van der Waals surface area contributed by atoms with E-state index in [1.807, 2.05) is 23.0 Å². The van der Waals surface area contributed by atoms with E-state index in [-0.39, 0.29) is 12.5 Å². The highest BCUT2D eigenvalue weighted by Crippen LogP contribution is 2.38. The number of nitrogens with one attached hydrogen (secondary N) is 1. The van der Waals surface area contributed by atoms with E-state index in [9.17, 15) is 4.79 Å². The average molecular weight is 617 g/mol. The molecular formula is C31H39Cl2N5O4. The van der Waals surface area contributed by atoms with Crippen molar-refractivity contribution in [2.75, 3.05) is 54.1 Å². The number of ether oxygens (including phenoxy) is 3. The fourth-order valence-corrected chi connectivity index (χ4v) is 6.25. The van der Waals surface area contributed by atoms with Gasteiger partial charge < -0.3 is 29.3 Å². The highest BCUT2D eigenvalue weighted by atomic mass is 35.5. The molecule has 0 saturated carbocycles. The van der Waals surface area contributed by atoms with E-state index >= 15 is 0 Å². The number of likely N-dealkylation sites (tertiary alicyclic amines) is 2. The lowest BCUT2D eigenvalue weighted by Gasteiger charge is -2.36. The number of halogens is 2. The van der Waals surface area contributed by atoms with Crippen LogP contribution in [-0.2, 0) is 13.1 Å². The minimum absolute atomic E-state index is 0.222. The molecule has 2 aliphatic heterocycles. The van der Waals surface area contributed by atoms with Crippen LogP contribution in [0.1, 0.15) is 41.7 Å². The van der Waals surface area contributed by atoms with Gasteiger partial charge in [-0.2, -0.15) is 5.10 Å². The van der Waals surface area contributed by atoms with Gasteiger partial charge in [0.1, 0.15) is 0 Å². The summed E-state index contributed by atoms with van der Waals surface area (Å²) in [6.45, 7) is 6.64. The lowest BCUT2D eigenvalue weighted by molar-refractivity contribution is 0.0949. The van der Waals surface area contributed by atoms with Gasteiger partial charge in [0.05, 0.1) is 50.2 Å². The summed E-state index contributed by atoms with van der Waals surface area (Å²) in [5.41, 5.74) is 2.91. The molecule has 0 aliphatic carbocycles. The second-order valence-electron chi connectivity index (χ2n) is 10.8. The molecular weight excluding hydrogens is 577 g/mol. The van der Waals surface area contributed by atoms with E-state index in [1.165, 1.54) is 60.1 Å². The van der Waals surface area contributed by atoms with E-state index in [1.54, 1.807) is 18.2 Å². The Morgan fingerprint density at radius 2 is 1.62 bits per heavy atom. The van der Waals surface area contributed by atoms with Gasteiger partial charge in [-0.05, 0) is 81.7 Å². The molecule has 3 aromatic rings. The molecule has 2 fully saturated rings. The second kappa shape index (κ2) is 14.0. The maximum atomic E-state index is 13.2. The van der Waals surface area contributed by atoms with Gasteiger partial charge in [-0.25, -0.2) is 0 Å². The number of carbonyl (C=O) groups excluding carboxylic acids is 1. The number of hydrogen-bond donors (Lipinski definition) is 1. The van der Waals surface area contributed by atoms with Crippen molar-refractivity contribution in [1.82, 2.24) is 24.9 Å². The van der Waals surface area contributed by atoms with E-state index in [0.29, 0.717) is 32.9 Å². The maximum absolute atomic E-state index is 13.2. The molecule has 0 radical (unpaired) electrons. The molecule has 2 saturated heterocycles. The Morgan fingerprint density at radius 1 is 0.929 bits per heavy atom. The molecule has 11 heteroatoms. The van der Waals surface area contributed by atoms with Crippen molar-refractivity contribution in [3.63, 3.8) is 0 Å². The predicted molar refractivity (Wildman–Crippen MR) is 165 cm³/mol. The smallest absolute Gasteiger partial charge is 0.251 e. The number of nitrogens with zero attached hydrogens (tertiary/aromatic N) is 4. The Hall–Kier alpha value is -2.98. The predicted octanol–water partition coefficient (Wildman–Crippen LogP) is 5.37. The van der Waals surface area contributed by atoms with Gasteiger partial charge >= 0.3 is 0 Å². The average Bonchev–Trinajstić information content (AvgIpc) is 3.70. The summed E-state index contributed by atoms with van der Waals surface area (Å²) in [6.07, 6.45) is 7.16. The summed E-state index contributed by atoms with van der Waals surface area (Å²) in [4.78, 5) is 18.4. The van der Waals surface area contributed by atoms with Gasteiger partial charge in [0.15, 0.2) is 11.5 Å². The van der Waals surface area contributed by atoms with Crippen molar-refractivity contribution >= 4 is 29.1 Å². The molecule has 2 aliphatic rings. The zero-order chi connectivity index (χ0) is 29.6. The Labute approximate surface area is 257 Å². The van der Waals surface area contributed by atoms with E-state index in [0.717, 1.165) is 49.0 Å². The summed E-state index contributed by atoms with van der Waals surface area (Å²) in [5.74, 6) is 0.960. The lowest BCUT2D eigenvalue weighted by Crippen LogP contribution is -2.44. The quantitative estimate of drug-likeness (QED) is 0.310. The normalized spacial score (nSPS) is 16.5. The Kier molecular flexibility index (Phi) is 10.2. The van der Waals surface area contributed by atoms with Crippen molar-refractivity contribution in [3.05, 3.63) is 57.8 Å². The van der Waals surface area contributed by atoms with Crippen LogP contribution in [0.3, 0.4) is 0 Å². The highest BCUT2D eigenvalue weighted by Gasteiger charge is 2.26. The molecule has 42 heavy (non-hydrogen) atoms. The molecule has 2 aromatic carbocycles. The van der Waals surface area contributed by atoms with Gasteiger partial charge in [-0.1, -0.05) is 29.3 Å². The van der Waals surface area contributed by atoms with Crippen LogP contribution in [-0.4, -0.2) is 85.6 Å². The first-order valence-corrected chi connectivity index (χ1v) is 15.2. The molecule has 3 heterocycles. The summed E-state index contributed by atoms with van der Waals surface area (Å²) >= 11 is 12.6. The van der Waals surface area contributed by atoms with Crippen LogP contribution in [0.2, 0.25) is 10.0 Å². The minimum Gasteiger partial charge on any atom is -0.493 e. The van der Waals surface area contributed by atoms with E-state index in [2.05, 4.69) is 15.1 Å². The minimum atomic E-state index is -0.287. The third-order valence-corrected chi connectivity index (χ3v) is 9.01. The highest BCUT2D eigenvalue weighted by molar-refractivity contribution is 6.42. The summed E-state index contributed by atoms with van der Waals surface area (Å²) in [6, 6.07) is 9.52. The lowest BCUT2D eigenvalue weighted by atomic mass is 10.0. The summed E-state index contributed by atoms with van der Waals surface area (Å²) in [7, 11) is 4.56. The van der Waals surface area contributed by atoms with Crippen molar-refractivity contribution in [2.45, 2.75) is 44.8 Å². The first kappa shape index (κ1) is 30.5. The monoisotopic (exact) mass is 615 g/mol. The topological polar surface area (TPSA) is 81.1 Å². The zero-order valence-corrected chi connectivity index (χ0v) is 26.0. The van der Waals surface area contributed by atoms with Crippen LogP contribution in [0.25, 0.3) is 11.1 Å². The van der Waals surface area contributed by atoms with Crippen molar-refractivity contribution in [3.8, 4) is 28.4 Å². The standard InChI is InChI=1S/C31H39Cl2N5O4/c1-40-28-17-22(18-29(41-2)30(28)42-3)31(39)34-19-27-24(21-6-7-25(32)26(33)16-21)20-38(35-27)15-14-36-12-8-23(9-13-36)37-10-4-5-11-37/h6-7,16-18,20,23H,4-5,8-15,19H2,1-3H3,(H,34,39). The molecule has 0 unspecified atom stereocenters. The summed E-state index contributed by atoms with van der Waals surface area (Å²) < 4.78 is 18.2. The van der Waals surface area contributed by atoms with Gasteiger partial charge in [-0.15, -0.1) is 0 Å². The molecule has 0 atom stereocenters. The number of benzene rings is 2. The van der Waals surface area contributed by atoms with Crippen LogP contribution >= 0.6 is 23.2 Å². The van der Waals surface area contributed by atoms with E-state index in [4.69, 9.17) is 42.5 Å². The fourth-order valence-electron chi connectivity index (χ4n) is 5.95. The number of carbonyl (C=O) groups is 1. The van der Waals surface area contributed by atoms with Crippen LogP contribution in [0.5, 0.6) is 17.2 Å². The maximum Gasteiger partial charge on any atom is 0.251 e. The second-order valence-corrected chi connectivity index (χ2v) is 11.6. The molecule has 1 aromatic heterocycles. The molecule has 9 nitrogen and oxygen atoms in total.